The number of carbonyl (C=O) groups excluding carboxylic acids is 1. The van der Waals surface area contributed by atoms with Gasteiger partial charge in [0.25, 0.3) is 0 Å². The number of ether oxygens (including phenoxy) is 2. The largest absolute Gasteiger partial charge is 0.494 e. The van der Waals surface area contributed by atoms with E-state index < -0.39 is 0 Å². The van der Waals surface area contributed by atoms with E-state index in [2.05, 4.69) is 29.4 Å². The molecule has 0 saturated heterocycles. The second-order valence-electron chi connectivity index (χ2n) is 7.39. The van der Waals surface area contributed by atoms with Crippen LogP contribution in [0.1, 0.15) is 43.8 Å². The predicted octanol–water partition coefficient (Wildman–Crippen LogP) is 5.18. The molecule has 0 fully saturated rings. The Labute approximate surface area is 193 Å². The topological polar surface area (TPSA) is 78.3 Å². The van der Waals surface area contributed by atoms with Crippen molar-refractivity contribution in [2.45, 2.75) is 52.4 Å². The Morgan fingerprint density at radius 3 is 2.44 bits per heavy atom. The third kappa shape index (κ3) is 6.03. The van der Waals surface area contributed by atoms with E-state index in [4.69, 9.17) is 9.47 Å². The number of aromatic nitrogens is 3. The van der Waals surface area contributed by atoms with Crippen molar-refractivity contribution in [3.63, 3.8) is 0 Å². The van der Waals surface area contributed by atoms with E-state index in [0.29, 0.717) is 18.3 Å². The summed E-state index contributed by atoms with van der Waals surface area (Å²) in [7, 11) is 0. The van der Waals surface area contributed by atoms with Crippen LogP contribution in [0.3, 0.4) is 0 Å². The number of anilines is 1. The van der Waals surface area contributed by atoms with E-state index in [1.165, 1.54) is 22.9 Å². The minimum Gasteiger partial charge on any atom is -0.494 e. The number of nitrogens with zero attached hydrogens (tertiary/aromatic N) is 3. The lowest BCUT2D eigenvalue weighted by Gasteiger charge is -2.16. The van der Waals surface area contributed by atoms with E-state index in [0.717, 1.165) is 23.0 Å². The fourth-order valence-electron chi connectivity index (χ4n) is 3.18. The maximum absolute atomic E-state index is 12.4. The van der Waals surface area contributed by atoms with Gasteiger partial charge in [-0.1, -0.05) is 17.8 Å². The maximum atomic E-state index is 12.4. The molecule has 3 aromatic rings. The molecule has 0 saturated carbocycles. The van der Waals surface area contributed by atoms with Gasteiger partial charge in [0.05, 0.1) is 12.4 Å². The molecule has 0 spiro atoms. The SMILES string of the molecule is CCOc1ccc(NC(=O)CSc2nnc(C(C)Oc3ccc(C)c(C)c3)n2CC)cc1. The van der Waals surface area contributed by atoms with Crippen molar-refractivity contribution in [2.24, 2.45) is 0 Å². The van der Waals surface area contributed by atoms with Gasteiger partial charge in [-0.05, 0) is 82.1 Å². The Kier molecular flexibility index (Phi) is 8.16. The first-order valence-corrected chi connectivity index (χ1v) is 11.7. The summed E-state index contributed by atoms with van der Waals surface area (Å²) in [6, 6.07) is 13.4. The Bertz CT molecular complexity index is 1050. The highest BCUT2D eigenvalue weighted by molar-refractivity contribution is 7.99. The zero-order chi connectivity index (χ0) is 23.1. The third-order valence-electron chi connectivity index (χ3n) is 5.00. The lowest BCUT2D eigenvalue weighted by Crippen LogP contribution is -2.15. The summed E-state index contributed by atoms with van der Waals surface area (Å²) in [5, 5.41) is 12.2. The van der Waals surface area contributed by atoms with Gasteiger partial charge in [0.15, 0.2) is 17.1 Å². The van der Waals surface area contributed by atoms with Crippen molar-refractivity contribution in [3.05, 3.63) is 59.4 Å². The fourth-order valence-corrected chi connectivity index (χ4v) is 3.99. The number of carbonyl (C=O) groups is 1. The van der Waals surface area contributed by atoms with Gasteiger partial charge in [0.1, 0.15) is 11.5 Å². The van der Waals surface area contributed by atoms with Gasteiger partial charge >= 0.3 is 0 Å². The summed E-state index contributed by atoms with van der Waals surface area (Å²) in [6.07, 6.45) is -0.267. The molecule has 0 aliphatic heterocycles. The molecule has 1 amide bonds. The number of hydrogen-bond donors (Lipinski definition) is 1. The van der Waals surface area contributed by atoms with Crippen molar-refractivity contribution < 1.29 is 14.3 Å². The van der Waals surface area contributed by atoms with Gasteiger partial charge in [-0.25, -0.2) is 0 Å². The number of nitrogens with one attached hydrogen (secondary N) is 1. The standard InChI is InChI=1S/C24H30N4O3S/c1-6-28-23(18(5)31-21-11-8-16(3)17(4)14-21)26-27-24(28)32-15-22(29)25-19-9-12-20(13-10-19)30-7-2/h8-14,18H,6-7,15H2,1-5H3,(H,25,29). The Morgan fingerprint density at radius 2 is 1.78 bits per heavy atom. The summed E-state index contributed by atoms with van der Waals surface area (Å²) in [4.78, 5) is 12.4. The molecule has 8 heteroatoms. The summed E-state index contributed by atoms with van der Waals surface area (Å²) in [6.45, 7) is 11.4. The molecule has 32 heavy (non-hydrogen) atoms. The van der Waals surface area contributed by atoms with Gasteiger partial charge in [0.2, 0.25) is 5.91 Å². The van der Waals surface area contributed by atoms with Crippen LogP contribution in [0.4, 0.5) is 5.69 Å². The van der Waals surface area contributed by atoms with E-state index >= 15 is 0 Å². The summed E-state index contributed by atoms with van der Waals surface area (Å²) < 4.78 is 13.5. The van der Waals surface area contributed by atoms with Crippen LogP contribution in [-0.4, -0.2) is 33.0 Å². The lowest BCUT2D eigenvalue weighted by molar-refractivity contribution is -0.113. The van der Waals surface area contributed by atoms with Crippen LogP contribution in [-0.2, 0) is 11.3 Å². The van der Waals surface area contributed by atoms with Crippen LogP contribution in [0.15, 0.2) is 47.6 Å². The first-order chi connectivity index (χ1) is 15.4. The van der Waals surface area contributed by atoms with E-state index in [1.807, 2.05) is 67.8 Å². The molecule has 1 N–H and O–H groups in total. The highest BCUT2D eigenvalue weighted by Crippen LogP contribution is 2.26. The number of hydrogen-bond acceptors (Lipinski definition) is 6. The number of thioether (sulfide) groups is 1. The number of amides is 1. The molecule has 7 nitrogen and oxygen atoms in total. The fraction of sp³-hybridized carbons (Fsp3) is 0.375. The molecular formula is C24H30N4O3S. The van der Waals surface area contributed by atoms with Gasteiger partial charge in [0, 0.05) is 12.2 Å². The molecule has 1 aromatic heterocycles. The second-order valence-corrected chi connectivity index (χ2v) is 8.33. The van der Waals surface area contributed by atoms with Crippen molar-refractivity contribution in [1.29, 1.82) is 0 Å². The Morgan fingerprint density at radius 1 is 1.06 bits per heavy atom. The number of benzene rings is 2. The highest BCUT2D eigenvalue weighted by atomic mass is 32.2. The Hall–Kier alpha value is -3.00. The van der Waals surface area contributed by atoms with Gasteiger partial charge in [-0.15, -0.1) is 10.2 Å². The molecule has 0 aliphatic carbocycles. The monoisotopic (exact) mass is 454 g/mol. The molecule has 0 aliphatic rings. The van der Waals surface area contributed by atoms with Crippen molar-refractivity contribution in [3.8, 4) is 11.5 Å². The van der Waals surface area contributed by atoms with Crippen LogP contribution in [0.5, 0.6) is 11.5 Å². The van der Waals surface area contributed by atoms with Gasteiger partial charge < -0.3 is 19.4 Å². The first-order valence-electron chi connectivity index (χ1n) is 10.7. The minimum atomic E-state index is -0.267. The molecule has 1 heterocycles. The molecule has 1 atom stereocenters. The second kappa shape index (κ2) is 11.0. The number of aryl methyl sites for hydroxylation is 2. The minimum absolute atomic E-state index is 0.106. The molecule has 3 rings (SSSR count). The van der Waals surface area contributed by atoms with Crippen molar-refractivity contribution in [1.82, 2.24) is 14.8 Å². The predicted molar refractivity (Wildman–Crippen MR) is 128 cm³/mol. The van der Waals surface area contributed by atoms with Crippen molar-refractivity contribution >= 4 is 23.4 Å². The van der Waals surface area contributed by atoms with E-state index in [-0.39, 0.29) is 17.8 Å². The van der Waals surface area contributed by atoms with Crippen LogP contribution >= 0.6 is 11.8 Å². The molecule has 0 radical (unpaired) electrons. The maximum Gasteiger partial charge on any atom is 0.234 e. The van der Waals surface area contributed by atoms with Crippen LogP contribution in [0.2, 0.25) is 0 Å². The average molecular weight is 455 g/mol. The van der Waals surface area contributed by atoms with Crippen LogP contribution in [0, 0.1) is 13.8 Å². The third-order valence-corrected chi connectivity index (χ3v) is 5.96. The number of rotatable bonds is 10. The normalized spacial score (nSPS) is 11.8. The Balaban J connectivity index is 1.60. The van der Waals surface area contributed by atoms with E-state index in [9.17, 15) is 4.79 Å². The van der Waals surface area contributed by atoms with Crippen LogP contribution in [0.25, 0.3) is 0 Å². The summed E-state index contributed by atoms with van der Waals surface area (Å²) >= 11 is 1.36. The lowest BCUT2D eigenvalue weighted by atomic mass is 10.1. The molecule has 170 valence electrons. The molecule has 1 unspecified atom stereocenters. The van der Waals surface area contributed by atoms with Crippen molar-refractivity contribution in [2.75, 3.05) is 17.7 Å². The van der Waals surface area contributed by atoms with Gasteiger partial charge in [-0.2, -0.15) is 0 Å². The zero-order valence-electron chi connectivity index (χ0n) is 19.2. The molecular weight excluding hydrogens is 424 g/mol. The van der Waals surface area contributed by atoms with Gasteiger partial charge in [-0.3, -0.25) is 4.79 Å². The quantitative estimate of drug-likeness (QED) is 0.425. The first kappa shape index (κ1) is 23.7. The molecule has 0 bridgehead atoms. The van der Waals surface area contributed by atoms with E-state index in [1.54, 1.807) is 0 Å². The highest BCUT2D eigenvalue weighted by Gasteiger charge is 2.19. The summed E-state index contributed by atoms with van der Waals surface area (Å²) in [5.41, 5.74) is 3.14. The van der Waals surface area contributed by atoms with Crippen LogP contribution < -0.4 is 14.8 Å². The smallest absolute Gasteiger partial charge is 0.234 e. The zero-order valence-corrected chi connectivity index (χ0v) is 20.0. The summed E-state index contributed by atoms with van der Waals surface area (Å²) in [5.74, 6) is 2.44. The molecule has 2 aromatic carbocycles. The average Bonchev–Trinajstić information content (AvgIpc) is 3.19.